The number of carbonyl (C=O) groups is 1. The zero-order valence-electron chi connectivity index (χ0n) is 6.66. The third-order valence-electron chi connectivity index (χ3n) is 1.47. The second-order valence-corrected chi connectivity index (χ2v) is 2.64. The molecule has 0 saturated carbocycles. The van der Waals surface area contributed by atoms with Gasteiger partial charge < -0.3 is 30.6 Å². The number of carboxylic acids is 1. The molecule has 0 heterocycles. The summed E-state index contributed by atoms with van der Waals surface area (Å²) in [6, 6.07) is 0. The molecule has 0 bridgehead atoms. The average molecular weight is 196 g/mol. The molecular formula is C6H12O7. The molecule has 6 N–H and O–H groups in total. The van der Waals surface area contributed by atoms with Crippen molar-refractivity contribution in [2.45, 2.75) is 24.4 Å². The molecule has 0 aromatic heterocycles. The van der Waals surface area contributed by atoms with E-state index in [1.54, 1.807) is 0 Å². The van der Waals surface area contributed by atoms with E-state index in [0.717, 1.165) is 0 Å². The van der Waals surface area contributed by atoms with E-state index in [0.29, 0.717) is 0 Å². The molecule has 0 rings (SSSR count). The van der Waals surface area contributed by atoms with Crippen molar-refractivity contribution in [3.05, 3.63) is 0 Å². The van der Waals surface area contributed by atoms with Crippen molar-refractivity contribution < 1.29 is 35.4 Å². The zero-order chi connectivity index (χ0) is 10.6. The van der Waals surface area contributed by atoms with Crippen LogP contribution in [-0.2, 0) is 4.79 Å². The molecule has 0 radical (unpaired) electrons. The van der Waals surface area contributed by atoms with Gasteiger partial charge in [-0.25, -0.2) is 4.79 Å². The number of carboxylic acid groups (broad SMARTS) is 1. The van der Waals surface area contributed by atoms with Crippen LogP contribution >= 0.6 is 0 Å². The van der Waals surface area contributed by atoms with Crippen LogP contribution in [0.15, 0.2) is 0 Å². The Hall–Kier alpha value is -0.730. The van der Waals surface area contributed by atoms with Gasteiger partial charge in [-0.3, -0.25) is 0 Å². The first-order valence-electron chi connectivity index (χ1n) is 3.46. The van der Waals surface area contributed by atoms with Gasteiger partial charge in [-0.05, 0) is 0 Å². The summed E-state index contributed by atoms with van der Waals surface area (Å²) in [4.78, 5) is 10.1. The van der Waals surface area contributed by atoms with E-state index in [2.05, 4.69) is 0 Å². The summed E-state index contributed by atoms with van der Waals surface area (Å²) in [5, 5.41) is 51.6. The lowest BCUT2D eigenvalue weighted by Crippen LogP contribution is -2.45. The molecule has 13 heavy (non-hydrogen) atoms. The molecular weight excluding hydrogens is 184 g/mol. The van der Waals surface area contributed by atoms with Crippen LogP contribution in [0.1, 0.15) is 6.42 Å². The summed E-state index contributed by atoms with van der Waals surface area (Å²) < 4.78 is 0. The van der Waals surface area contributed by atoms with Gasteiger partial charge in [0.1, 0.15) is 6.10 Å². The molecule has 0 aliphatic heterocycles. The van der Waals surface area contributed by atoms with Crippen LogP contribution in [0.5, 0.6) is 0 Å². The molecule has 2 atom stereocenters. The smallest absolute Gasteiger partial charge is 0.364 e. The van der Waals surface area contributed by atoms with Gasteiger partial charge in [0.25, 0.3) is 5.79 Å². The molecule has 0 fully saturated rings. The maximum Gasteiger partial charge on any atom is 0.364 e. The summed E-state index contributed by atoms with van der Waals surface area (Å²) in [7, 11) is 0. The van der Waals surface area contributed by atoms with Crippen molar-refractivity contribution in [2.75, 3.05) is 6.61 Å². The van der Waals surface area contributed by atoms with Gasteiger partial charge in [-0.2, -0.15) is 0 Å². The highest BCUT2D eigenvalue weighted by Gasteiger charge is 2.37. The molecule has 78 valence electrons. The van der Waals surface area contributed by atoms with E-state index in [4.69, 9.17) is 30.6 Å². The van der Waals surface area contributed by atoms with E-state index in [1.807, 2.05) is 0 Å². The number of hydrogen-bond donors (Lipinski definition) is 6. The Morgan fingerprint density at radius 2 is 1.69 bits per heavy atom. The highest BCUT2D eigenvalue weighted by molar-refractivity contribution is 5.74. The molecule has 7 heteroatoms. The molecule has 0 aliphatic carbocycles. The molecule has 0 aliphatic rings. The second kappa shape index (κ2) is 4.49. The fourth-order valence-corrected chi connectivity index (χ4v) is 0.637. The van der Waals surface area contributed by atoms with Crippen LogP contribution in [0.2, 0.25) is 0 Å². The lowest BCUT2D eigenvalue weighted by molar-refractivity contribution is -0.216. The minimum absolute atomic E-state index is 0.795. The van der Waals surface area contributed by atoms with Crippen LogP contribution in [-0.4, -0.2) is 61.2 Å². The number of rotatable bonds is 5. The van der Waals surface area contributed by atoms with Gasteiger partial charge in [0.15, 0.2) is 0 Å². The average Bonchev–Trinajstić information content (AvgIpc) is 2.01. The normalized spacial score (nSPS) is 16.7. The van der Waals surface area contributed by atoms with Crippen molar-refractivity contribution in [3.8, 4) is 0 Å². The first-order chi connectivity index (χ1) is 5.81. The number of hydrogen-bond acceptors (Lipinski definition) is 6. The first kappa shape index (κ1) is 12.3. The Bertz CT molecular complexity index is 178. The topological polar surface area (TPSA) is 138 Å². The van der Waals surface area contributed by atoms with E-state index < -0.39 is 37.0 Å². The van der Waals surface area contributed by atoms with Gasteiger partial charge in [0.2, 0.25) is 0 Å². The number of aliphatic hydroxyl groups is 5. The molecule has 0 amide bonds. The van der Waals surface area contributed by atoms with Gasteiger partial charge in [0, 0.05) is 6.42 Å². The van der Waals surface area contributed by atoms with Crippen LogP contribution in [0.3, 0.4) is 0 Å². The third-order valence-corrected chi connectivity index (χ3v) is 1.47. The highest BCUT2D eigenvalue weighted by Crippen LogP contribution is 2.11. The minimum Gasteiger partial charge on any atom is -0.477 e. The van der Waals surface area contributed by atoms with Gasteiger partial charge >= 0.3 is 5.97 Å². The largest absolute Gasteiger partial charge is 0.477 e. The Kier molecular flexibility index (Phi) is 4.24. The monoisotopic (exact) mass is 196 g/mol. The Morgan fingerprint density at radius 3 is 2.00 bits per heavy atom. The predicted octanol–water partition coefficient (Wildman–Crippen LogP) is -3.14. The van der Waals surface area contributed by atoms with E-state index in [-0.39, 0.29) is 0 Å². The maximum atomic E-state index is 10.1. The van der Waals surface area contributed by atoms with Crippen molar-refractivity contribution in [2.24, 2.45) is 0 Å². The Labute approximate surface area is 73.5 Å². The maximum absolute atomic E-state index is 10.1. The second-order valence-electron chi connectivity index (χ2n) is 2.64. The van der Waals surface area contributed by atoms with Gasteiger partial charge in [-0.1, -0.05) is 0 Å². The third kappa shape index (κ3) is 3.66. The van der Waals surface area contributed by atoms with Crippen molar-refractivity contribution in [3.63, 3.8) is 0 Å². The predicted molar refractivity (Wildman–Crippen MR) is 38.5 cm³/mol. The SMILES string of the molecule is O=C(O)C(O)(O)C[C@H](O)[C@H](O)CO. The van der Waals surface area contributed by atoms with Crippen molar-refractivity contribution >= 4 is 5.97 Å². The molecule has 0 unspecified atom stereocenters. The standard InChI is InChI=1S/C6H12O7/c7-2-4(9)3(8)1-6(12,13)5(10)11/h3-4,7-9,12-13H,1-2H2,(H,10,11)/t3-,4+/m0/s1. The number of aliphatic carboxylic acids is 1. The quantitative estimate of drug-likeness (QED) is 0.255. The molecule has 0 aromatic carbocycles. The lowest BCUT2D eigenvalue weighted by Gasteiger charge is -2.22. The van der Waals surface area contributed by atoms with Gasteiger partial charge in [0.05, 0.1) is 12.7 Å². The summed E-state index contributed by atoms with van der Waals surface area (Å²) >= 11 is 0. The van der Waals surface area contributed by atoms with E-state index in [9.17, 15) is 4.79 Å². The Morgan fingerprint density at radius 1 is 1.23 bits per heavy atom. The van der Waals surface area contributed by atoms with Crippen LogP contribution in [0.25, 0.3) is 0 Å². The van der Waals surface area contributed by atoms with Crippen LogP contribution in [0.4, 0.5) is 0 Å². The number of aliphatic hydroxyl groups excluding tert-OH is 3. The minimum atomic E-state index is -3.10. The summed E-state index contributed by atoms with van der Waals surface area (Å²) in [6.07, 6.45) is -4.29. The fourth-order valence-electron chi connectivity index (χ4n) is 0.637. The van der Waals surface area contributed by atoms with E-state index in [1.165, 1.54) is 0 Å². The lowest BCUT2D eigenvalue weighted by atomic mass is 10.0. The van der Waals surface area contributed by atoms with E-state index >= 15 is 0 Å². The molecule has 0 saturated heterocycles. The van der Waals surface area contributed by atoms with Crippen molar-refractivity contribution in [1.29, 1.82) is 0 Å². The zero-order valence-corrected chi connectivity index (χ0v) is 6.66. The van der Waals surface area contributed by atoms with Gasteiger partial charge in [-0.15, -0.1) is 0 Å². The molecule has 0 spiro atoms. The summed E-state index contributed by atoms with van der Waals surface area (Å²) in [5.41, 5.74) is 0. The first-order valence-corrected chi connectivity index (χ1v) is 3.46. The Balaban J connectivity index is 4.19. The molecule has 7 nitrogen and oxygen atoms in total. The summed E-state index contributed by atoms with van der Waals surface area (Å²) in [6.45, 7) is -0.795. The highest BCUT2D eigenvalue weighted by atomic mass is 16.5. The molecule has 0 aromatic rings. The van der Waals surface area contributed by atoms with Crippen LogP contribution in [0, 0.1) is 0 Å². The fraction of sp³-hybridized carbons (Fsp3) is 0.833. The summed E-state index contributed by atoms with van der Waals surface area (Å²) in [5.74, 6) is -5.04. The van der Waals surface area contributed by atoms with Crippen molar-refractivity contribution in [1.82, 2.24) is 0 Å². The van der Waals surface area contributed by atoms with Crippen LogP contribution < -0.4 is 0 Å².